The van der Waals surface area contributed by atoms with Gasteiger partial charge in [-0.25, -0.2) is 4.57 Å². The molecule has 0 aromatic rings. The van der Waals surface area contributed by atoms with Crippen molar-refractivity contribution in [2.75, 3.05) is 13.2 Å². The molecule has 1 heterocycles. The van der Waals surface area contributed by atoms with Gasteiger partial charge in [0.05, 0.1) is 18.8 Å². The van der Waals surface area contributed by atoms with E-state index >= 15 is 0 Å². The van der Waals surface area contributed by atoms with Crippen LogP contribution in [-0.2, 0) is 37.4 Å². The minimum Gasteiger partial charge on any atom is -0.462 e. The smallest absolute Gasteiger partial charge is 0.462 e. The topological polar surface area (TPSA) is 222 Å². The largest absolute Gasteiger partial charge is 0.472 e. The number of unbranched alkanes of at least 4 members (excludes halogenated alkanes) is 17. The number of rotatable bonds is 39. The highest BCUT2D eigenvalue weighted by Crippen LogP contribution is 2.47. The summed E-state index contributed by atoms with van der Waals surface area (Å²) >= 11 is 0. The number of ether oxygens (including phenoxy) is 3. The van der Waals surface area contributed by atoms with E-state index in [-0.39, 0.29) is 18.9 Å². The molecular formula is C49H85O14P. The van der Waals surface area contributed by atoms with Crippen LogP contribution < -0.4 is 0 Å². The molecule has 1 aliphatic heterocycles. The van der Waals surface area contributed by atoms with Gasteiger partial charge < -0.3 is 44.6 Å². The van der Waals surface area contributed by atoms with Gasteiger partial charge in [0.1, 0.15) is 43.2 Å². The lowest BCUT2D eigenvalue weighted by Gasteiger charge is -2.41. The number of carbonyl (C=O) groups is 2. The highest BCUT2D eigenvalue weighted by atomic mass is 31.2. The van der Waals surface area contributed by atoms with Crippen LogP contribution in [0, 0.1) is 0 Å². The number of hydrogen-bond acceptors (Lipinski definition) is 13. The Bertz CT molecular complexity index is 1370. The van der Waals surface area contributed by atoms with Crippen LogP contribution in [-0.4, -0.2) is 111 Å². The Hall–Kier alpha value is -2.23. The van der Waals surface area contributed by atoms with Crippen molar-refractivity contribution in [2.45, 2.75) is 236 Å². The zero-order valence-corrected chi connectivity index (χ0v) is 39.9. The van der Waals surface area contributed by atoms with Gasteiger partial charge in [-0.3, -0.25) is 18.6 Å². The molecule has 6 N–H and O–H groups in total. The summed E-state index contributed by atoms with van der Waals surface area (Å²) in [6.45, 7) is 3.21. The number of phosphoric acid groups is 1. The average molecular weight is 929 g/mol. The standard InChI is InChI=1S/C49H85O14P/c1-3-5-7-9-11-12-13-14-15-16-17-18-19-20-23-27-31-35-42(50)59-37-39(38-60-64(57,58)63-49-47(55)45(53)44(52)46(54)48(49)56)61-43(51)36-32-28-24-21-22-26-30-34-41-40(62-41)33-29-25-10-8-6-4-2/h14-15,21,24-26,29-30,39-41,44-49,52-56H,3-13,16-20,22-23,27-28,31-38H2,1-2H3,(H,57,58)/b15-14-,24-21-,29-25-,30-26-/t39-,40?,41?,44?,45-,46+,47-,48-,49?/m1/s1. The van der Waals surface area contributed by atoms with Crippen LogP contribution in [0.5, 0.6) is 0 Å². The number of aliphatic hydroxyl groups excluding tert-OH is 5. The number of epoxide rings is 1. The van der Waals surface area contributed by atoms with Gasteiger partial charge in [0, 0.05) is 12.8 Å². The number of carbonyl (C=O) groups excluding carboxylic acids is 2. The van der Waals surface area contributed by atoms with E-state index in [1.807, 2.05) is 12.2 Å². The maximum atomic E-state index is 12.8. The summed E-state index contributed by atoms with van der Waals surface area (Å²) in [5, 5.41) is 50.2. The highest BCUT2D eigenvalue weighted by Gasteiger charge is 2.51. The molecular weight excluding hydrogens is 843 g/mol. The van der Waals surface area contributed by atoms with Crippen molar-refractivity contribution in [1.82, 2.24) is 0 Å². The molecule has 1 aliphatic carbocycles. The van der Waals surface area contributed by atoms with Crippen molar-refractivity contribution < 1.29 is 67.8 Å². The van der Waals surface area contributed by atoms with Gasteiger partial charge in [0.15, 0.2) is 6.10 Å². The van der Waals surface area contributed by atoms with Crippen LogP contribution in [0.4, 0.5) is 0 Å². The van der Waals surface area contributed by atoms with Crippen molar-refractivity contribution in [3.05, 3.63) is 48.6 Å². The SMILES string of the molecule is CCCCC/C=C\CC1OC1C/C=C\C/C=C\CCCC(=O)O[C@H](COC(=O)CCCCCCCCC/C=C\CCCCCCCC)COP(=O)(O)OC1[C@H](O)[C@H](O)C(O)[C@H](O)[C@H]1O. The fourth-order valence-electron chi connectivity index (χ4n) is 7.43. The Morgan fingerprint density at radius 1 is 0.547 bits per heavy atom. The minimum atomic E-state index is -5.14. The summed E-state index contributed by atoms with van der Waals surface area (Å²) in [6.07, 6.45) is 30.5. The van der Waals surface area contributed by atoms with Gasteiger partial charge >= 0.3 is 19.8 Å². The molecule has 0 aromatic heterocycles. The summed E-state index contributed by atoms with van der Waals surface area (Å²) in [7, 11) is -5.14. The third-order valence-corrected chi connectivity index (χ3v) is 12.5. The van der Waals surface area contributed by atoms with E-state index in [1.54, 1.807) is 0 Å². The maximum absolute atomic E-state index is 12.8. The van der Waals surface area contributed by atoms with E-state index in [4.69, 9.17) is 23.3 Å². The molecule has 5 unspecified atom stereocenters. The van der Waals surface area contributed by atoms with E-state index in [1.165, 1.54) is 77.0 Å². The normalized spacial score (nSPS) is 25.1. The fraction of sp³-hybridized carbons (Fsp3) is 0.796. The lowest BCUT2D eigenvalue weighted by Crippen LogP contribution is -2.64. The van der Waals surface area contributed by atoms with Gasteiger partial charge in [-0.05, 0) is 77.0 Å². The van der Waals surface area contributed by atoms with Crippen molar-refractivity contribution in [3.63, 3.8) is 0 Å². The number of aliphatic hydroxyl groups is 5. The van der Waals surface area contributed by atoms with E-state index in [2.05, 4.69) is 50.3 Å². The number of phosphoric ester groups is 1. The quantitative estimate of drug-likeness (QED) is 0.0111. The molecule has 0 spiro atoms. The first-order chi connectivity index (χ1) is 30.9. The lowest BCUT2D eigenvalue weighted by molar-refractivity contribution is -0.220. The summed E-state index contributed by atoms with van der Waals surface area (Å²) < 4.78 is 39.3. The molecule has 15 heteroatoms. The predicted molar refractivity (Wildman–Crippen MR) is 248 cm³/mol. The zero-order valence-electron chi connectivity index (χ0n) is 39.0. The molecule has 14 nitrogen and oxygen atoms in total. The van der Waals surface area contributed by atoms with Gasteiger partial charge in [-0.1, -0.05) is 140 Å². The molecule has 10 atom stereocenters. The average Bonchev–Trinajstić information content (AvgIpc) is 4.03. The maximum Gasteiger partial charge on any atom is 0.472 e. The molecule has 2 fully saturated rings. The highest BCUT2D eigenvalue weighted by molar-refractivity contribution is 7.47. The van der Waals surface area contributed by atoms with Gasteiger partial charge in [0.2, 0.25) is 0 Å². The molecule has 1 saturated heterocycles. The Morgan fingerprint density at radius 2 is 0.984 bits per heavy atom. The Morgan fingerprint density at radius 3 is 1.59 bits per heavy atom. The van der Waals surface area contributed by atoms with Gasteiger partial charge in [-0.15, -0.1) is 0 Å². The molecule has 0 amide bonds. The molecule has 0 aromatic carbocycles. The molecule has 64 heavy (non-hydrogen) atoms. The molecule has 1 saturated carbocycles. The Balaban J connectivity index is 1.71. The first-order valence-corrected chi connectivity index (χ1v) is 26.1. The van der Waals surface area contributed by atoms with Crippen molar-refractivity contribution in [3.8, 4) is 0 Å². The second-order valence-electron chi connectivity index (χ2n) is 17.3. The summed E-state index contributed by atoms with van der Waals surface area (Å²) in [4.78, 5) is 35.8. The van der Waals surface area contributed by atoms with Crippen molar-refractivity contribution in [2.24, 2.45) is 0 Å². The van der Waals surface area contributed by atoms with E-state index in [9.17, 15) is 44.6 Å². The zero-order chi connectivity index (χ0) is 46.8. The number of esters is 2. The fourth-order valence-corrected chi connectivity index (χ4v) is 8.41. The third kappa shape index (κ3) is 27.4. The first kappa shape index (κ1) is 57.9. The van der Waals surface area contributed by atoms with Gasteiger partial charge in [0.25, 0.3) is 0 Å². The van der Waals surface area contributed by atoms with E-state index in [0.29, 0.717) is 25.4 Å². The van der Waals surface area contributed by atoms with E-state index in [0.717, 1.165) is 57.8 Å². The summed E-state index contributed by atoms with van der Waals surface area (Å²) in [6, 6.07) is 0. The van der Waals surface area contributed by atoms with Crippen LogP contribution >= 0.6 is 7.82 Å². The predicted octanol–water partition coefficient (Wildman–Crippen LogP) is 8.94. The lowest BCUT2D eigenvalue weighted by atomic mass is 9.85. The summed E-state index contributed by atoms with van der Waals surface area (Å²) in [5.41, 5.74) is 0. The minimum absolute atomic E-state index is 0.0138. The number of allylic oxidation sites excluding steroid dienone is 6. The van der Waals surface area contributed by atoms with Gasteiger partial charge in [-0.2, -0.15) is 0 Å². The Labute approximate surface area is 384 Å². The Kier molecular flexibility index (Phi) is 32.5. The molecule has 0 bridgehead atoms. The molecule has 0 radical (unpaired) electrons. The first-order valence-electron chi connectivity index (χ1n) is 24.6. The van der Waals surface area contributed by atoms with Crippen molar-refractivity contribution in [1.29, 1.82) is 0 Å². The second-order valence-corrected chi connectivity index (χ2v) is 18.8. The molecule has 370 valence electrons. The third-order valence-electron chi connectivity index (χ3n) is 11.5. The van der Waals surface area contributed by atoms with Crippen LogP contribution in [0.2, 0.25) is 0 Å². The molecule has 2 aliphatic rings. The second kappa shape index (κ2) is 35.9. The van der Waals surface area contributed by atoms with Crippen molar-refractivity contribution >= 4 is 19.8 Å². The number of hydrogen-bond donors (Lipinski definition) is 6. The van der Waals surface area contributed by atoms with E-state index < -0.39 is 75.7 Å². The summed E-state index contributed by atoms with van der Waals surface area (Å²) in [5.74, 6) is -1.18. The molecule has 2 rings (SSSR count). The van der Waals surface area contributed by atoms with Crippen LogP contribution in [0.15, 0.2) is 48.6 Å². The van der Waals surface area contributed by atoms with Crippen LogP contribution in [0.1, 0.15) is 181 Å². The van der Waals surface area contributed by atoms with Crippen LogP contribution in [0.25, 0.3) is 0 Å². The monoisotopic (exact) mass is 929 g/mol. The van der Waals surface area contributed by atoms with Crippen LogP contribution in [0.3, 0.4) is 0 Å².